The van der Waals surface area contributed by atoms with Gasteiger partial charge in [0.1, 0.15) is 5.82 Å². The molecule has 2 aliphatic rings. The normalized spacial score (nSPS) is 24.6. The molecule has 1 fully saturated rings. The fourth-order valence-corrected chi connectivity index (χ4v) is 2.44. The molecule has 15 heavy (non-hydrogen) atoms. The Balaban J connectivity index is 2.01. The summed E-state index contributed by atoms with van der Waals surface area (Å²) in [5.74, 6) is 0.0974. The summed E-state index contributed by atoms with van der Waals surface area (Å²) in [4.78, 5) is 11.6. The van der Waals surface area contributed by atoms with E-state index in [1.54, 1.807) is 6.07 Å². The molecule has 0 bridgehead atoms. The second kappa shape index (κ2) is 3.05. The molecule has 1 N–H and O–H groups in total. The lowest BCUT2D eigenvalue weighted by Gasteiger charge is -2.31. The van der Waals surface area contributed by atoms with Crippen LogP contribution in [-0.2, 0) is 0 Å². The molecule has 1 aliphatic heterocycles. The predicted octanol–water partition coefficient (Wildman–Crippen LogP) is 2.41. The number of amides is 1. The Morgan fingerprint density at radius 3 is 2.80 bits per heavy atom. The van der Waals surface area contributed by atoms with Gasteiger partial charge in [-0.05, 0) is 36.5 Å². The number of nitrogens with one attached hydrogen (secondary N) is 1. The molecule has 1 saturated carbocycles. The zero-order valence-corrected chi connectivity index (χ0v) is 8.29. The summed E-state index contributed by atoms with van der Waals surface area (Å²) in [5.41, 5.74) is 1.50. The topological polar surface area (TPSA) is 29.1 Å². The van der Waals surface area contributed by atoms with Gasteiger partial charge in [0.25, 0.3) is 5.91 Å². The molecule has 0 radical (unpaired) electrons. The van der Waals surface area contributed by atoms with Crippen LogP contribution in [0.15, 0.2) is 18.2 Å². The first-order valence-electron chi connectivity index (χ1n) is 5.36. The van der Waals surface area contributed by atoms with E-state index in [4.69, 9.17) is 0 Å². The summed E-state index contributed by atoms with van der Waals surface area (Å²) in [6.45, 7) is 0. The molecular weight excluding hydrogens is 193 g/mol. The summed E-state index contributed by atoms with van der Waals surface area (Å²) in [6, 6.07) is 4.64. The molecule has 1 atom stereocenters. The van der Waals surface area contributed by atoms with Crippen molar-refractivity contribution in [2.24, 2.45) is 5.92 Å². The van der Waals surface area contributed by atoms with Crippen LogP contribution in [0.5, 0.6) is 0 Å². The second-order valence-electron chi connectivity index (χ2n) is 4.37. The van der Waals surface area contributed by atoms with E-state index in [1.165, 1.54) is 31.4 Å². The van der Waals surface area contributed by atoms with Crippen molar-refractivity contribution in [2.45, 2.75) is 25.3 Å². The van der Waals surface area contributed by atoms with Crippen molar-refractivity contribution in [3.05, 3.63) is 35.1 Å². The fourth-order valence-electron chi connectivity index (χ4n) is 2.44. The zero-order valence-electron chi connectivity index (χ0n) is 8.29. The van der Waals surface area contributed by atoms with Gasteiger partial charge in [0.2, 0.25) is 0 Å². The summed E-state index contributed by atoms with van der Waals surface area (Å²) < 4.78 is 13.0. The molecule has 1 amide bonds. The lowest BCUT2D eigenvalue weighted by atomic mass is 9.77. The number of benzene rings is 1. The van der Waals surface area contributed by atoms with Crippen LogP contribution in [0.2, 0.25) is 0 Å². The van der Waals surface area contributed by atoms with E-state index < -0.39 is 0 Å². The quantitative estimate of drug-likeness (QED) is 0.749. The number of hydrogen-bond donors (Lipinski definition) is 1. The van der Waals surface area contributed by atoms with Crippen LogP contribution in [0, 0.1) is 11.7 Å². The van der Waals surface area contributed by atoms with Gasteiger partial charge < -0.3 is 5.32 Å². The number of halogens is 1. The van der Waals surface area contributed by atoms with Gasteiger partial charge in [-0.15, -0.1) is 0 Å². The molecule has 3 heteroatoms. The van der Waals surface area contributed by atoms with Gasteiger partial charge in [0.15, 0.2) is 0 Å². The maximum atomic E-state index is 13.0. The first-order chi connectivity index (χ1) is 7.25. The zero-order chi connectivity index (χ0) is 10.4. The first kappa shape index (κ1) is 8.89. The smallest absolute Gasteiger partial charge is 0.252 e. The van der Waals surface area contributed by atoms with E-state index in [1.807, 2.05) is 0 Å². The Hall–Kier alpha value is -1.38. The van der Waals surface area contributed by atoms with E-state index in [0.29, 0.717) is 11.5 Å². The molecule has 0 spiro atoms. The minimum Gasteiger partial charge on any atom is -0.345 e. The summed E-state index contributed by atoms with van der Waals surface area (Å²) in [7, 11) is 0. The third-order valence-electron chi connectivity index (χ3n) is 3.50. The van der Waals surface area contributed by atoms with Gasteiger partial charge >= 0.3 is 0 Å². The van der Waals surface area contributed by atoms with Crippen molar-refractivity contribution < 1.29 is 9.18 Å². The highest BCUT2D eigenvalue weighted by atomic mass is 19.1. The average Bonchev–Trinajstić information content (AvgIpc) is 2.41. The minimum atomic E-state index is -0.335. The maximum absolute atomic E-state index is 13.0. The largest absolute Gasteiger partial charge is 0.345 e. The van der Waals surface area contributed by atoms with Gasteiger partial charge in [-0.2, -0.15) is 0 Å². The molecule has 1 unspecified atom stereocenters. The molecule has 1 aromatic rings. The van der Waals surface area contributed by atoms with Crippen LogP contribution in [0.3, 0.4) is 0 Å². The molecule has 0 aromatic heterocycles. The highest BCUT2D eigenvalue weighted by molar-refractivity contribution is 5.99. The van der Waals surface area contributed by atoms with Crippen LogP contribution >= 0.6 is 0 Å². The van der Waals surface area contributed by atoms with Crippen LogP contribution in [0.4, 0.5) is 4.39 Å². The summed E-state index contributed by atoms with van der Waals surface area (Å²) in [5, 5.41) is 2.94. The number of hydrogen-bond acceptors (Lipinski definition) is 1. The highest BCUT2D eigenvalue weighted by Crippen LogP contribution is 2.41. The number of fused-ring (bicyclic) bond motifs is 1. The first-order valence-corrected chi connectivity index (χ1v) is 5.36. The number of carbonyl (C=O) groups excluding carboxylic acids is 1. The third kappa shape index (κ3) is 1.26. The Labute approximate surface area is 87.5 Å². The molecule has 3 rings (SSSR count). The van der Waals surface area contributed by atoms with Crippen molar-refractivity contribution in [1.82, 2.24) is 5.32 Å². The maximum Gasteiger partial charge on any atom is 0.252 e. The number of rotatable bonds is 1. The number of carbonyl (C=O) groups is 1. The van der Waals surface area contributed by atoms with Crippen LogP contribution in [0.25, 0.3) is 0 Å². The average molecular weight is 205 g/mol. The molecule has 78 valence electrons. The Kier molecular flexibility index (Phi) is 1.81. The lowest BCUT2D eigenvalue weighted by Crippen LogP contribution is -2.29. The van der Waals surface area contributed by atoms with Crippen molar-refractivity contribution >= 4 is 5.91 Å². The Morgan fingerprint density at radius 1 is 1.33 bits per heavy atom. The monoisotopic (exact) mass is 205 g/mol. The lowest BCUT2D eigenvalue weighted by molar-refractivity contribution is 0.0932. The minimum absolute atomic E-state index is 0.124. The molecule has 1 aromatic carbocycles. The van der Waals surface area contributed by atoms with Gasteiger partial charge in [0.05, 0.1) is 6.04 Å². The van der Waals surface area contributed by atoms with Gasteiger partial charge in [-0.3, -0.25) is 4.79 Å². The molecule has 1 heterocycles. The summed E-state index contributed by atoms with van der Waals surface area (Å²) >= 11 is 0. The van der Waals surface area contributed by atoms with Crippen LogP contribution in [0.1, 0.15) is 41.2 Å². The van der Waals surface area contributed by atoms with Gasteiger partial charge in [-0.1, -0.05) is 12.5 Å². The van der Waals surface area contributed by atoms with Crippen molar-refractivity contribution in [3.63, 3.8) is 0 Å². The standard InChI is InChI=1S/C12H12FNO/c13-8-4-5-9-10(6-8)12(15)14-11(9)7-2-1-3-7/h4-7,11H,1-3H2,(H,14,15). The fraction of sp³-hybridized carbons (Fsp3) is 0.417. The third-order valence-corrected chi connectivity index (χ3v) is 3.50. The van der Waals surface area contributed by atoms with E-state index in [0.717, 1.165) is 5.56 Å². The second-order valence-corrected chi connectivity index (χ2v) is 4.37. The molecule has 1 aliphatic carbocycles. The van der Waals surface area contributed by atoms with Gasteiger partial charge in [-0.25, -0.2) is 4.39 Å². The predicted molar refractivity (Wildman–Crippen MR) is 53.9 cm³/mol. The van der Waals surface area contributed by atoms with Crippen molar-refractivity contribution in [1.29, 1.82) is 0 Å². The van der Waals surface area contributed by atoms with Gasteiger partial charge in [0, 0.05) is 5.56 Å². The van der Waals surface area contributed by atoms with Crippen LogP contribution < -0.4 is 5.32 Å². The highest BCUT2D eigenvalue weighted by Gasteiger charge is 2.36. The van der Waals surface area contributed by atoms with Crippen molar-refractivity contribution in [2.75, 3.05) is 0 Å². The van der Waals surface area contributed by atoms with Crippen molar-refractivity contribution in [3.8, 4) is 0 Å². The van der Waals surface area contributed by atoms with E-state index in [2.05, 4.69) is 5.32 Å². The molecule has 0 saturated heterocycles. The van der Waals surface area contributed by atoms with Crippen LogP contribution in [-0.4, -0.2) is 5.91 Å². The Morgan fingerprint density at radius 2 is 2.13 bits per heavy atom. The van der Waals surface area contributed by atoms with E-state index in [-0.39, 0.29) is 17.8 Å². The SMILES string of the molecule is O=C1NC(C2CCC2)c2ccc(F)cc21. The van der Waals surface area contributed by atoms with E-state index in [9.17, 15) is 9.18 Å². The molecular formula is C12H12FNO. The van der Waals surface area contributed by atoms with E-state index >= 15 is 0 Å². The molecule has 2 nitrogen and oxygen atoms in total. The summed E-state index contributed by atoms with van der Waals surface area (Å²) in [6.07, 6.45) is 3.58. The Bertz CT molecular complexity index is 426.